The monoisotopic (exact) mass is 380 g/mol. The fourth-order valence-electron chi connectivity index (χ4n) is 2.68. The van der Waals surface area contributed by atoms with Gasteiger partial charge in [-0.15, -0.1) is 11.3 Å². The maximum absolute atomic E-state index is 12.1. The Morgan fingerprint density at radius 2 is 1.96 bits per heavy atom. The minimum absolute atomic E-state index is 0.0656. The van der Waals surface area contributed by atoms with Crippen LogP contribution in [0.25, 0.3) is 10.6 Å². The molecule has 3 aromatic rings. The first-order valence-corrected chi connectivity index (χ1v) is 9.87. The molecule has 0 saturated carbocycles. The van der Waals surface area contributed by atoms with E-state index in [2.05, 4.69) is 44.5 Å². The number of carbonyl (C=O) groups excluding carboxylic acids is 1. The number of hydrogen-bond donors (Lipinski definition) is 1. The molecule has 0 atom stereocenters. The van der Waals surface area contributed by atoms with Crippen LogP contribution in [-0.2, 0) is 17.6 Å². The maximum atomic E-state index is 12.1. The number of aryl methyl sites for hydroxylation is 1. The molecule has 2 aromatic heterocycles. The molecule has 5 nitrogen and oxygen atoms in total. The van der Waals surface area contributed by atoms with E-state index in [1.807, 2.05) is 31.6 Å². The molecule has 0 aliphatic rings. The Morgan fingerprint density at radius 3 is 2.67 bits per heavy atom. The Kier molecular flexibility index (Phi) is 6.54. The molecular weight excluding hydrogens is 356 g/mol. The van der Waals surface area contributed by atoms with Crippen molar-refractivity contribution >= 4 is 22.9 Å². The minimum atomic E-state index is 0.0656. The van der Waals surface area contributed by atoms with Crippen molar-refractivity contribution in [3.05, 3.63) is 65.4 Å². The van der Waals surface area contributed by atoms with E-state index in [4.69, 9.17) is 0 Å². The second-order valence-electron chi connectivity index (χ2n) is 6.55. The van der Waals surface area contributed by atoms with Crippen molar-refractivity contribution in [2.24, 2.45) is 0 Å². The smallest absolute Gasteiger partial charge is 0.220 e. The van der Waals surface area contributed by atoms with E-state index in [-0.39, 0.29) is 5.91 Å². The van der Waals surface area contributed by atoms with E-state index in [1.54, 1.807) is 23.7 Å². The van der Waals surface area contributed by atoms with Gasteiger partial charge in [-0.3, -0.25) is 9.78 Å². The van der Waals surface area contributed by atoms with Crippen molar-refractivity contribution in [1.82, 2.24) is 15.3 Å². The number of amides is 1. The van der Waals surface area contributed by atoms with Crippen molar-refractivity contribution in [3.8, 4) is 10.6 Å². The molecule has 0 spiro atoms. The molecule has 6 heteroatoms. The lowest BCUT2D eigenvalue weighted by Crippen LogP contribution is -2.25. The highest BCUT2D eigenvalue weighted by molar-refractivity contribution is 7.13. The zero-order chi connectivity index (χ0) is 19.1. The van der Waals surface area contributed by atoms with Gasteiger partial charge in [0.2, 0.25) is 5.91 Å². The number of aromatic nitrogens is 2. The predicted octanol–water partition coefficient (Wildman–Crippen LogP) is 3.56. The fraction of sp³-hybridized carbons (Fsp3) is 0.286. The first-order chi connectivity index (χ1) is 13.1. The van der Waals surface area contributed by atoms with Crippen LogP contribution in [0.4, 0.5) is 5.69 Å². The molecule has 0 saturated heterocycles. The number of carbonyl (C=O) groups is 1. The Labute approximate surface area is 164 Å². The summed E-state index contributed by atoms with van der Waals surface area (Å²) in [5.41, 5.74) is 4.37. The SMILES string of the molecule is CN(C)c1ccc(CCNC(=O)CCc2csc(-c3cccnc3)n2)cc1. The lowest BCUT2D eigenvalue weighted by molar-refractivity contribution is -0.121. The summed E-state index contributed by atoms with van der Waals surface area (Å²) in [4.78, 5) is 22.9. The molecule has 1 amide bonds. The summed E-state index contributed by atoms with van der Waals surface area (Å²) >= 11 is 1.59. The molecule has 1 N–H and O–H groups in total. The first-order valence-electron chi connectivity index (χ1n) is 8.99. The Morgan fingerprint density at radius 1 is 1.15 bits per heavy atom. The molecule has 0 fully saturated rings. The van der Waals surface area contributed by atoms with Crippen LogP contribution in [0.1, 0.15) is 17.7 Å². The normalized spacial score (nSPS) is 10.6. The summed E-state index contributed by atoms with van der Waals surface area (Å²) in [5, 5.41) is 5.95. The summed E-state index contributed by atoms with van der Waals surface area (Å²) in [5.74, 6) is 0.0656. The van der Waals surface area contributed by atoms with Crippen LogP contribution in [0.3, 0.4) is 0 Å². The quantitative estimate of drug-likeness (QED) is 0.649. The highest BCUT2D eigenvalue weighted by atomic mass is 32.1. The lowest BCUT2D eigenvalue weighted by atomic mass is 10.1. The maximum Gasteiger partial charge on any atom is 0.220 e. The highest BCUT2D eigenvalue weighted by Crippen LogP contribution is 2.23. The van der Waals surface area contributed by atoms with Crippen LogP contribution in [-0.4, -0.2) is 36.5 Å². The third-order valence-corrected chi connectivity index (χ3v) is 5.20. The van der Waals surface area contributed by atoms with Crippen LogP contribution in [0.15, 0.2) is 54.2 Å². The number of benzene rings is 1. The molecule has 0 aliphatic heterocycles. The molecular formula is C21H24N4OS. The number of nitrogens with one attached hydrogen (secondary N) is 1. The number of hydrogen-bond acceptors (Lipinski definition) is 5. The average Bonchev–Trinajstić information content (AvgIpc) is 3.16. The fourth-order valence-corrected chi connectivity index (χ4v) is 3.53. The second kappa shape index (κ2) is 9.28. The minimum Gasteiger partial charge on any atom is -0.378 e. The van der Waals surface area contributed by atoms with E-state index < -0.39 is 0 Å². The van der Waals surface area contributed by atoms with Crippen molar-refractivity contribution in [1.29, 1.82) is 0 Å². The van der Waals surface area contributed by atoms with Gasteiger partial charge in [-0.2, -0.15) is 0 Å². The third-order valence-electron chi connectivity index (χ3n) is 4.26. The topological polar surface area (TPSA) is 58.1 Å². The molecule has 3 rings (SSSR count). The molecule has 27 heavy (non-hydrogen) atoms. The van der Waals surface area contributed by atoms with Crippen molar-refractivity contribution in [3.63, 3.8) is 0 Å². The number of pyridine rings is 1. The molecule has 0 aliphatic carbocycles. The van der Waals surface area contributed by atoms with Gasteiger partial charge in [-0.05, 0) is 42.7 Å². The average molecular weight is 381 g/mol. The van der Waals surface area contributed by atoms with Crippen LogP contribution < -0.4 is 10.2 Å². The van der Waals surface area contributed by atoms with Gasteiger partial charge in [-0.1, -0.05) is 12.1 Å². The van der Waals surface area contributed by atoms with Gasteiger partial charge in [0.15, 0.2) is 0 Å². The van der Waals surface area contributed by atoms with Crippen molar-refractivity contribution < 1.29 is 4.79 Å². The zero-order valence-electron chi connectivity index (χ0n) is 15.7. The van der Waals surface area contributed by atoms with Gasteiger partial charge in [-0.25, -0.2) is 4.98 Å². The first kappa shape index (κ1) is 19.0. The van der Waals surface area contributed by atoms with E-state index in [0.29, 0.717) is 19.4 Å². The van der Waals surface area contributed by atoms with E-state index in [1.165, 1.54) is 11.3 Å². The number of anilines is 1. The third kappa shape index (κ3) is 5.62. The standard InChI is InChI=1S/C21H24N4OS/c1-25(2)19-8-5-16(6-9-19)11-13-23-20(26)10-7-18-15-27-21(24-18)17-4-3-12-22-14-17/h3-6,8-9,12,14-15H,7,10-11,13H2,1-2H3,(H,23,26). The summed E-state index contributed by atoms with van der Waals surface area (Å²) in [6.07, 6.45) is 5.50. The molecule has 140 valence electrons. The van der Waals surface area contributed by atoms with Gasteiger partial charge in [0.05, 0.1) is 5.69 Å². The largest absolute Gasteiger partial charge is 0.378 e. The summed E-state index contributed by atoms with van der Waals surface area (Å²) in [6.45, 7) is 0.651. The van der Waals surface area contributed by atoms with Crippen LogP contribution in [0.5, 0.6) is 0 Å². The lowest BCUT2D eigenvalue weighted by Gasteiger charge is -2.12. The number of rotatable bonds is 8. The highest BCUT2D eigenvalue weighted by Gasteiger charge is 2.07. The van der Waals surface area contributed by atoms with Crippen molar-refractivity contribution in [2.75, 3.05) is 25.5 Å². The van der Waals surface area contributed by atoms with Gasteiger partial charge in [0.25, 0.3) is 0 Å². The number of nitrogens with zero attached hydrogens (tertiary/aromatic N) is 3. The molecule has 1 aromatic carbocycles. The van der Waals surface area contributed by atoms with Crippen LogP contribution >= 0.6 is 11.3 Å². The summed E-state index contributed by atoms with van der Waals surface area (Å²) in [6, 6.07) is 12.3. The zero-order valence-corrected chi connectivity index (χ0v) is 16.5. The van der Waals surface area contributed by atoms with E-state index >= 15 is 0 Å². The predicted molar refractivity (Wildman–Crippen MR) is 111 cm³/mol. The van der Waals surface area contributed by atoms with Gasteiger partial charge >= 0.3 is 0 Å². The van der Waals surface area contributed by atoms with Gasteiger partial charge in [0.1, 0.15) is 5.01 Å². The molecule has 0 radical (unpaired) electrons. The van der Waals surface area contributed by atoms with Crippen molar-refractivity contribution in [2.45, 2.75) is 19.3 Å². The van der Waals surface area contributed by atoms with E-state index in [0.717, 1.165) is 22.7 Å². The Bertz CT molecular complexity index is 859. The molecule has 0 unspecified atom stereocenters. The van der Waals surface area contributed by atoms with Crippen LogP contribution in [0.2, 0.25) is 0 Å². The summed E-state index contributed by atoms with van der Waals surface area (Å²) in [7, 11) is 4.05. The molecule has 0 bridgehead atoms. The summed E-state index contributed by atoms with van der Waals surface area (Å²) < 4.78 is 0. The second-order valence-corrected chi connectivity index (χ2v) is 7.40. The molecule has 2 heterocycles. The van der Waals surface area contributed by atoms with E-state index in [9.17, 15) is 4.79 Å². The van der Waals surface area contributed by atoms with Gasteiger partial charge < -0.3 is 10.2 Å². The Hall–Kier alpha value is -2.73. The van der Waals surface area contributed by atoms with Gasteiger partial charge in [0, 0.05) is 56.1 Å². The Balaban J connectivity index is 1.40. The number of thiazole rings is 1. The van der Waals surface area contributed by atoms with Crippen LogP contribution in [0, 0.1) is 0 Å².